The molecule has 0 aliphatic heterocycles. The lowest BCUT2D eigenvalue weighted by atomic mass is 10.3. The normalized spacial score (nSPS) is 10.3. The third kappa shape index (κ3) is 4.82. The first-order valence-corrected chi connectivity index (χ1v) is 5.95. The Bertz CT molecular complexity index is 309. The van der Waals surface area contributed by atoms with E-state index in [9.17, 15) is 0 Å². The average Bonchev–Trinajstić information content (AvgIpc) is 2.20. The fourth-order valence-corrected chi connectivity index (χ4v) is 1.90. The zero-order valence-corrected chi connectivity index (χ0v) is 10.9. The van der Waals surface area contributed by atoms with E-state index in [-0.39, 0.29) is 0 Å². The van der Waals surface area contributed by atoms with Gasteiger partial charge in [0.1, 0.15) is 5.82 Å². The molecule has 1 N–H and O–H groups in total. The van der Waals surface area contributed by atoms with Gasteiger partial charge in [-0.15, -0.1) is 0 Å². The molecule has 0 aliphatic carbocycles. The van der Waals surface area contributed by atoms with Crippen LogP contribution in [-0.4, -0.2) is 25.2 Å². The second-order valence-electron chi connectivity index (χ2n) is 3.11. The van der Waals surface area contributed by atoms with E-state index in [1.165, 1.54) is 0 Å². The van der Waals surface area contributed by atoms with E-state index in [0.717, 1.165) is 36.3 Å². The summed E-state index contributed by atoms with van der Waals surface area (Å²) in [6.07, 6.45) is 3.74. The van der Waals surface area contributed by atoms with Crippen LogP contribution < -0.4 is 5.32 Å². The predicted octanol–water partition coefficient (Wildman–Crippen LogP) is 3.34. The predicted molar refractivity (Wildman–Crippen MR) is 66.5 cm³/mol. The lowest BCUT2D eigenvalue weighted by Gasteiger charge is -2.07. The van der Waals surface area contributed by atoms with E-state index in [4.69, 9.17) is 16.3 Å². The quantitative estimate of drug-likeness (QED) is 0.817. The molecule has 84 valence electrons. The lowest BCUT2D eigenvalue weighted by molar-refractivity contribution is 0.194. The molecule has 0 radical (unpaired) electrons. The Balaban J connectivity index is 2.31. The van der Waals surface area contributed by atoms with Crippen LogP contribution in [-0.2, 0) is 4.74 Å². The molecular formula is C10H14BrClN2O. The van der Waals surface area contributed by atoms with Gasteiger partial charge in [0, 0.05) is 26.5 Å². The summed E-state index contributed by atoms with van der Waals surface area (Å²) in [5, 5.41) is 3.86. The molecule has 0 atom stereocenters. The number of rotatable bonds is 6. The molecule has 0 bridgehead atoms. The van der Waals surface area contributed by atoms with Crippen LogP contribution in [0.1, 0.15) is 12.8 Å². The van der Waals surface area contributed by atoms with Crippen LogP contribution in [0.25, 0.3) is 0 Å². The van der Waals surface area contributed by atoms with Crippen molar-refractivity contribution in [1.29, 1.82) is 0 Å². The van der Waals surface area contributed by atoms with Crippen molar-refractivity contribution in [2.45, 2.75) is 12.8 Å². The molecule has 0 aromatic carbocycles. The second-order valence-corrected chi connectivity index (χ2v) is 4.40. The van der Waals surface area contributed by atoms with Crippen molar-refractivity contribution in [3.05, 3.63) is 21.8 Å². The number of halogens is 2. The number of hydrogen-bond acceptors (Lipinski definition) is 3. The van der Waals surface area contributed by atoms with Gasteiger partial charge in [0.2, 0.25) is 0 Å². The fourth-order valence-electron chi connectivity index (χ4n) is 1.12. The first-order valence-electron chi connectivity index (χ1n) is 4.78. The van der Waals surface area contributed by atoms with Crippen LogP contribution >= 0.6 is 27.5 Å². The Morgan fingerprint density at radius 2 is 2.33 bits per heavy atom. The lowest BCUT2D eigenvalue weighted by Crippen LogP contribution is -2.05. The summed E-state index contributed by atoms with van der Waals surface area (Å²) in [5.74, 6) is 0.830. The summed E-state index contributed by atoms with van der Waals surface area (Å²) < 4.78 is 5.85. The molecule has 0 saturated carbocycles. The minimum absolute atomic E-state index is 0.631. The number of methoxy groups -OCH3 is 1. The molecule has 1 heterocycles. The van der Waals surface area contributed by atoms with Crippen LogP contribution in [0.4, 0.5) is 5.82 Å². The third-order valence-electron chi connectivity index (χ3n) is 1.88. The maximum absolute atomic E-state index is 5.78. The van der Waals surface area contributed by atoms with Crippen molar-refractivity contribution in [2.75, 3.05) is 25.6 Å². The van der Waals surface area contributed by atoms with Crippen LogP contribution in [0.5, 0.6) is 0 Å². The SMILES string of the molecule is COCCCCNc1ncc(Cl)cc1Br. The maximum Gasteiger partial charge on any atom is 0.140 e. The summed E-state index contributed by atoms with van der Waals surface area (Å²) in [6, 6.07) is 1.83. The zero-order chi connectivity index (χ0) is 11.1. The molecule has 0 saturated heterocycles. The Morgan fingerprint density at radius 3 is 3.00 bits per heavy atom. The van der Waals surface area contributed by atoms with Gasteiger partial charge >= 0.3 is 0 Å². The van der Waals surface area contributed by atoms with Crippen LogP contribution in [0.2, 0.25) is 5.02 Å². The molecule has 0 spiro atoms. The number of ether oxygens (including phenoxy) is 1. The van der Waals surface area contributed by atoms with Gasteiger partial charge in [-0.05, 0) is 34.8 Å². The highest BCUT2D eigenvalue weighted by molar-refractivity contribution is 9.10. The molecule has 1 aromatic rings. The van der Waals surface area contributed by atoms with Crippen LogP contribution in [0.3, 0.4) is 0 Å². The molecule has 0 fully saturated rings. The van der Waals surface area contributed by atoms with E-state index in [0.29, 0.717) is 5.02 Å². The number of pyridine rings is 1. The molecule has 1 rings (SSSR count). The third-order valence-corrected chi connectivity index (χ3v) is 2.69. The van der Waals surface area contributed by atoms with Gasteiger partial charge in [0.05, 0.1) is 9.50 Å². The molecular weight excluding hydrogens is 279 g/mol. The monoisotopic (exact) mass is 292 g/mol. The van der Waals surface area contributed by atoms with Gasteiger partial charge in [-0.3, -0.25) is 0 Å². The first-order chi connectivity index (χ1) is 7.24. The van der Waals surface area contributed by atoms with E-state index < -0.39 is 0 Å². The van der Waals surface area contributed by atoms with Gasteiger partial charge in [0.15, 0.2) is 0 Å². The van der Waals surface area contributed by atoms with Crippen molar-refractivity contribution in [2.24, 2.45) is 0 Å². The summed E-state index contributed by atoms with van der Waals surface area (Å²) in [6.45, 7) is 1.69. The van der Waals surface area contributed by atoms with Crippen molar-refractivity contribution >= 4 is 33.3 Å². The number of nitrogens with zero attached hydrogens (tertiary/aromatic N) is 1. The number of nitrogens with one attached hydrogen (secondary N) is 1. The molecule has 15 heavy (non-hydrogen) atoms. The Hall–Kier alpha value is -0.320. The number of aromatic nitrogens is 1. The van der Waals surface area contributed by atoms with E-state index in [1.807, 2.05) is 6.07 Å². The molecule has 5 heteroatoms. The summed E-state index contributed by atoms with van der Waals surface area (Å²) in [5.41, 5.74) is 0. The summed E-state index contributed by atoms with van der Waals surface area (Å²) >= 11 is 9.18. The minimum Gasteiger partial charge on any atom is -0.385 e. The number of anilines is 1. The van der Waals surface area contributed by atoms with E-state index in [1.54, 1.807) is 13.3 Å². The Kier molecular flexibility index (Phi) is 5.98. The van der Waals surface area contributed by atoms with Gasteiger partial charge in [-0.25, -0.2) is 4.98 Å². The highest BCUT2D eigenvalue weighted by Crippen LogP contribution is 2.22. The molecule has 1 aromatic heterocycles. The van der Waals surface area contributed by atoms with Crippen molar-refractivity contribution in [1.82, 2.24) is 4.98 Å². The molecule has 3 nitrogen and oxygen atoms in total. The average molecular weight is 294 g/mol. The molecule has 0 aliphatic rings. The summed E-state index contributed by atoms with van der Waals surface area (Å²) in [4.78, 5) is 4.17. The van der Waals surface area contributed by atoms with Crippen molar-refractivity contribution < 1.29 is 4.74 Å². The fraction of sp³-hybridized carbons (Fsp3) is 0.500. The highest BCUT2D eigenvalue weighted by atomic mass is 79.9. The van der Waals surface area contributed by atoms with E-state index >= 15 is 0 Å². The van der Waals surface area contributed by atoms with Gasteiger partial charge in [-0.2, -0.15) is 0 Å². The largest absolute Gasteiger partial charge is 0.385 e. The van der Waals surface area contributed by atoms with Gasteiger partial charge < -0.3 is 10.1 Å². The Morgan fingerprint density at radius 1 is 1.53 bits per heavy atom. The maximum atomic E-state index is 5.78. The van der Waals surface area contributed by atoms with Gasteiger partial charge in [-0.1, -0.05) is 11.6 Å². The standard InChI is InChI=1S/C10H14BrClN2O/c1-15-5-3-2-4-13-10-9(11)6-8(12)7-14-10/h6-7H,2-5H2,1H3,(H,13,14). The van der Waals surface area contributed by atoms with Crippen LogP contribution in [0, 0.1) is 0 Å². The zero-order valence-electron chi connectivity index (χ0n) is 8.59. The smallest absolute Gasteiger partial charge is 0.140 e. The van der Waals surface area contributed by atoms with E-state index in [2.05, 4.69) is 26.2 Å². The van der Waals surface area contributed by atoms with Crippen LogP contribution in [0.15, 0.2) is 16.7 Å². The highest BCUT2D eigenvalue weighted by Gasteiger charge is 2.00. The van der Waals surface area contributed by atoms with Gasteiger partial charge in [0.25, 0.3) is 0 Å². The summed E-state index contributed by atoms with van der Waals surface area (Å²) in [7, 11) is 1.71. The van der Waals surface area contributed by atoms with Crippen molar-refractivity contribution in [3.8, 4) is 0 Å². The molecule has 0 amide bonds. The Labute approximate surface area is 103 Å². The topological polar surface area (TPSA) is 34.1 Å². The second kappa shape index (κ2) is 7.04. The minimum atomic E-state index is 0.631. The van der Waals surface area contributed by atoms with Crippen molar-refractivity contribution in [3.63, 3.8) is 0 Å². The number of unbranched alkanes of at least 4 members (excludes halogenated alkanes) is 1. The first kappa shape index (κ1) is 12.7. The number of hydrogen-bond donors (Lipinski definition) is 1. The molecule has 0 unspecified atom stereocenters.